The number of carbonyl (C=O) groups is 2. The van der Waals surface area contributed by atoms with Crippen molar-refractivity contribution in [2.75, 3.05) is 20.1 Å². The molecule has 3 rings (SSSR count). The monoisotopic (exact) mass is 381 g/mol. The van der Waals surface area contributed by atoms with Gasteiger partial charge in [0.25, 0.3) is 0 Å². The minimum absolute atomic E-state index is 0.0717. The number of thiazole rings is 1. The van der Waals surface area contributed by atoms with Crippen LogP contribution in [0.4, 0.5) is 0 Å². The van der Waals surface area contributed by atoms with Crippen molar-refractivity contribution in [1.29, 1.82) is 0 Å². The van der Waals surface area contributed by atoms with Gasteiger partial charge in [0.15, 0.2) is 5.65 Å². The van der Waals surface area contributed by atoms with Gasteiger partial charge in [-0.1, -0.05) is 30.3 Å². The molecule has 1 aromatic carbocycles. The molecule has 0 aliphatic carbocycles. The Labute approximate surface area is 160 Å². The number of pyridine rings is 1. The lowest BCUT2D eigenvalue weighted by Crippen LogP contribution is -2.38. The fraction of sp³-hybridized carbons (Fsp3) is 0.211. The number of hydrogen-bond donors (Lipinski definition) is 2. The quantitative estimate of drug-likeness (QED) is 0.610. The van der Waals surface area contributed by atoms with Gasteiger partial charge in [-0.05, 0) is 11.6 Å². The molecule has 27 heavy (non-hydrogen) atoms. The summed E-state index contributed by atoms with van der Waals surface area (Å²) in [5, 5.41) is 5.88. The average Bonchev–Trinajstić information content (AvgIpc) is 3.08. The first kappa shape index (κ1) is 18.7. The molecule has 138 valence electrons. The van der Waals surface area contributed by atoms with Gasteiger partial charge < -0.3 is 10.6 Å². The lowest BCUT2D eigenvalue weighted by molar-refractivity contribution is -0.125. The van der Waals surface area contributed by atoms with E-state index in [4.69, 9.17) is 0 Å². The first-order chi connectivity index (χ1) is 13.2. The van der Waals surface area contributed by atoms with Crippen molar-refractivity contribution in [3.63, 3.8) is 0 Å². The molecule has 2 N–H and O–H groups in total. The Kier molecular flexibility index (Phi) is 6.22. The maximum absolute atomic E-state index is 12.0. The molecule has 2 aromatic heterocycles. The third kappa shape index (κ3) is 5.18. The second-order valence-electron chi connectivity index (χ2n) is 5.72. The van der Waals surface area contributed by atoms with Crippen LogP contribution in [0.15, 0.2) is 47.6 Å². The highest BCUT2D eigenvalue weighted by Gasteiger charge is 2.12. The molecule has 2 heterocycles. The predicted octanol–water partition coefficient (Wildman–Crippen LogP) is 1.83. The highest BCUT2D eigenvalue weighted by atomic mass is 32.1. The van der Waals surface area contributed by atoms with Gasteiger partial charge >= 0.3 is 0 Å². The van der Waals surface area contributed by atoms with Crippen molar-refractivity contribution >= 4 is 39.7 Å². The summed E-state index contributed by atoms with van der Waals surface area (Å²) in [5.41, 5.74) is 2.72. The standard InChI is InChI=1S/C19H19N5O2S/c1-20-7-8-21-17(26)12-22-16(25)10-18-24-19-15(27-18)9-14(11-23-19)13-5-3-2-4-6-13/h2-7,9,11H,8,10,12H2,1H3,(H,21,26)(H,22,25). The fourth-order valence-electron chi connectivity index (χ4n) is 2.42. The third-order valence-corrected chi connectivity index (χ3v) is 4.72. The van der Waals surface area contributed by atoms with Crippen LogP contribution in [0.25, 0.3) is 21.5 Å². The van der Waals surface area contributed by atoms with Crippen LogP contribution in [0, 0.1) is 0 Å². The molecule has 0 saturated heterocycles. The first-order valence-electron chi connectivity index (χ1n) is 8.40. The number of amides is 2. The smallest absolute Gasteiger partial charge is 0.239 e. The maximum atomic E-state index is 12.0. The Balaban J connectivity index is 1.60. The second kappa shape index (κ2) is 9.00. The summed E-state index contributed by atoms with van der Waals surface area (Å²) < 4.78 is 0.927. The Bertz CT molecular complexity index is 969. The number of hydrogen-bond acceptors (Lipinski definition) is 6. The number of fused-ring (bicyclic) bond motifs is 1. The molecule has 7 nitrogen and oxygen atoms in total. The van der Waals surface area contributed by atoms with Crippen LogP contribution in [-0.2, 0) is 16.0 Å². The predicted molar refractivity (Wildman–Crippen MR) is 107 cm³/mol. The Morgan fingerprint density at radius 3 is 2.74 bits per heavy atom. The van der Waals surface area contributed by atoms with Gasteiger partial charge in [0.2, 0.25) is 11.8 Å². The minimum atomic E-state index is -0.262. The maximum Gasteiger partial charge on any atom is 0.239 e. The van der Waals surface area contributed by atoms with E-state index < -0.39 is 0 Å². The third-order valence-electron chi connectivity index (χ3n) is 3.73. The van der Waals surface area contributed by atoms with E-state index in [1.165, 1.54) is 11.3 Å². The summed E-state index contributed by atoms with van der Waals surface area (Å²) in [4.78, 5) is 36.2. The largest absolute Gasteiger partial charge is 0.350 e. The van der Waals surface area contributed by atoms with Gasteiger partial charge in [0.05, 0.1) is 24.2 Å². The Morgan fingerprint density at radius 2 is 1.96 bits per heavy atom. The van der Waals surface area contributed by atoms with Crippen LogP contribution in [0.1, 0.15) is 5.01 Å². The van der Waals surface area contributed by atoms with E-state index in [-0.39, 0.29) is 24.8 Å². The molecule has 0 aliphatic heterocycles. The van der Waals surface area contributed by atoms with Crippen LogP contribution in [0.3, 0.4) is 0 Å². The number of benzene rings is 1. The summed E-state index contributed by atoms with van der Waals surface area (Å²) in [5.74, 6) is -0.515. The summed E-state index contributed by atoms with van der Waals surface area (Å²) in [6, 6.07) is 12.0. The van der Waals surface area contributed by atoms with Crippen molar-refractivity contribution in [3.05, 3.63) is 47.6 Å². The number of aromatic nitrogens is 2. The summed E-state index contributed by atoms with van der Waals surface area (Å²) in [6.45, 7) is 0.274. The van der Waals surface area contributed by atoms with Crippen LogP contribution < -0.4 is 10.6 Å². The summed E-state index contributed by atoms with van der Waals surface area (Å²) >= 11 is 1.43. The SMILES string of the molecule is CN=CCNC(=O)CNC(=O)Cc1nc2ncc(-c3ccccc3)cc2s1. The highest BCUT2D eigenvalue weighted by Crippen LogP contribution is 2.26. The van der Waals surface area contributed by atoms with E-state index >= 15 is 0 Å². The van der Waals surface area contributed by atoms with Gasteiger partial charge in [0, 0.05) is 25.0 Å². The van der Waals surface area contributed by atoms with E-state index in [1.54, 1.807) is 19.5 Å². The summed E-state index contributed by atoms with van der Waals surface area (Å²) in [6.07, 6.45) is 3.48. The average molecular weight is 381 g/mol. The second-order valence-corrected chi connectivity index (χ2v) is 6.83. The van der Waals surface area contributed by atoms with Gasteiger partial charge in [-0.3, -0.25) is 14.6 Å². The van der Waals surface area contributed by atoms with Crippen LogP contribution in [0.5, 0.6) is 0 Å². The molecule has 0 radical (unpaired) electrons. The van der Waals surface area contributed by atoms with E-state index in [0.29, 0.717) is 17.2 Å². The van der Waals surface area contributed by atoms with E-state index in [1.807, 2.05) is 36.4 Å². The molecule has 0 atom stereocenters. The van der Waals surface area contributed by atoms with Gasteiger partial charge in [-0.25, -0.2) is 9.97 Å². The number of nitrogens with zero attached hydrogens (tertiary/aromatic N) is 3. The van der Waals surface area contributed by atoms with E-state index in [2.05, 4.69) is 25.6 Å². The number of aliphatic imine (C=N–C) groups is 1. The van der Waals surface area contributed by atoms with Crippen LogP contribution in [-0.4, -0.2) is 48.1 Å². The Morgan fingerprint density at radius 1 is 1.15 bits per heavy atom. The Hall–Kier alpha value is -3.13. The molecule has 2 amide bonds. The molecule has 0 fully saturated rings. The minimum Gasteiger partial charge on any atom is -0.350 e. The molecular weight excluding hydrogens is 362 g/mol. The molecule has 0 saturated carbocycles. The molecule has 3 aromatic rings. The number of rotatable bonds is 7. The number of nitrogens with one attached hydrogen (secondary N) is 2. The number of carbonyl (C=O) groups excluding carboxylic acids is 2. The highest BCUT2D eigenvalue weighted by molar-refractivity contribution is 7.18. The van der Waals surface area contributed by atoms with Gasteiger partial charge in [0.1, 0.15) is 5.01 Å². The van der Waals surface area contributed by atoms with E-state index in [0.717, 1.165) is 15.8 Å². The lowest BCUT2D eigenvalue weighted by atomic mass is 10.1. The van der Waals surface area contributed by atoms with Crippen molar-refractivity contribution in [3.8, 4) is 11.1 Å². The fourth-order valence-corrected chi connectivity index (χ4v) is 3.39. The summed E-state index contributed by atoms with van der Waals surface area (Å²) in [7, 11) is 1.63. The van der Waals surface area contributed by atoms with Crippen molar-refractivity contribution < 1.29 is 9.59 Å². The van der Waals surface area contributed by atoms with Crippen molar-refractivity contribution in [2.45, 2.75) is 6.42 Å². The molecule has 8 heteroatoms. The lowest BCUT2D eigenvalue weighted by Gasteiger charge is -2.03. The van der Waals surface area contributed by atoms with Crippen LogP contribution in [0.2, 0.25) is 0 Å². The molecule has 0 bridgehead atoms. The molecule has 0 unspecified atom stereocenters. The normalized spacial score (nSPS) is 11.0. The first-order valence-corrected chi connectivity index (χ1v) is 9.22. The zero-order chi connectivity index (χ0) is 19.1. The molecule has 0 spiro atoms. The molecular formula is C19H19N5O2S. The van der Waals surface area contributed by atoms with Gasteiger partial charge in [-0.15, -0.1) is 11.3 Å². The van der Waals surface area contributed by atoms with Gasteiger partial charge in [-0.2, -0.15) is 0 Å². The zero-order valence-corrected chi connectivity index (χ0v) is 15.6. The zero-order valence-electron chi connectivity index (χ0n) is 14.8. The van der Waals surface area contributed by atoms with Crippen molar-refractivity contribution in [2.24, 2.45) is 4.99 Å². The topological polar surface area (TPSA) is 96.3 Å². The van der Waals surface area contributed by atoms with Crippen molar-refractivity contribution in [1.82, 2.24) is 20.6 Å². The van der Waals surface area contributed by atoms with E-state index in [9.17, 15) is 9.59 Å². The molecule has 0 aliphatic rings. The van der Waals surface area contributed by atoms with Crippen LogP contribution >= 0.6 is 11.3 Å².